The molecule has 0 bridgehead atoms. The molecule has 4 heteroatoms. The SMILES string of the molecule is CCOC(=O)C(CC)N1CCC(=O)c2ccccc21. The summed E-state index contributed by atoms with van der Waals surface area (Å²) in [5.74, 6) is -0.0697. The summed E-state index contributed by atoms with van der Waals surface area (Å²) in [6.45, 7) is 4.72. The summed E-state index contributed by atoms with van der Waals surface area (Å²) in [6.07, 6.45) is 1.12. The monoisotopic (exact) mass is 261 g/mol. The van der Waals surface area contributed by atoms with Crippen LogP contribution in [0.1, 0.15) is 37.0 Å². The number of Topliss-reactive ketones (excluding diaryl/α,β-unsaturated/α-hetero) is 1. The van der Waals surface area contributed by atoms with Crippen molar-refractivity contribution in [3.8, 4) is 0 Å². The van der Waals surface area contributed by atoms with Gasteiger partial charge in [0, 0.05) is 24.2 Å². The van der Waals surface area contributed by atoms with Gasteiger partial charge in [0.2, 0.25) is 0 Å². The molecule has 19 heavy (non-hydrogen) atoms. The Labute approximate surface area is 113 Å². The van der Waals surface area contributed by atoms with Crippen LogP contribution in [0.25, 0.3) is 0 Å². The van der Waals surface area contributed by atoms with E-state index in [2.05, 4.69) is 0 Å². The van der Waals surface area contributed by atoms with Crippen LogP contribution in [0.5, 0.6) is 0 Å². The fourth-order valence-electron chi connectivity index (χ4n) is 2.51. The van der Waals surface area contributed by atoms with Crippen LogP contribution >= 0.6 is 0 Å². The van der Waals surface area contributed by atoms with Crippen LogP contribution in [-0.2, 0) is 9.53 Å². The number of fused-ring (bicyclic) bond motifs is 1. The van der Waals surface area contributed by atoms with E-state index < -0.39 is 0 Å². The molecule has 0 N–H and O–H groups in total. The molecule has 0 amide bonds. The lowest BCUT2D eigenvalue weighted by molar-refractivity contribution is -0.144. The molecule has 0 aliphatic carbocycles. The molecule has 1 unspecified atom stereocenters. The first-order chi connectivity index (χ1) is 9.19. The minimum atomic E-state index is -0.311. The number of ether oxygens (including phenoxy) is 1. The van der Waals surface area contributed by atoms with E-state index >= 15 is 0 Å². The highest BCUT2D eigenvalue weighted by atomic mass is 16.5. The van der Waals surface area contributed by atoms with Crippen molar-refractivity contribution in [3.05, 3.63) is 29.8 Å². The molecule has 4 nitrogen and oxygen atoms in total. The number of anilines is 1. The first-order valence-corrected chi connectivity index (χ1v) is 6.74. The van der Waals surface area contributed by atoms with E-state index in [0.29, 0.717) is 31.6 Å². The maximum absolute atomic E-state index is 12.0. The molecule has 1 aliphatic heterocycles. The van der Waals surface area contributed by atoms with E-state index in [0.717, 1.165) is 5.69 Å². The molecule has 1 atom stereocenters. The third kappa shape index (κ3) is 2.62. The molecule has 102 valence electrons. The van der Waals surface area contributed by atoms with Crippen LogP contribution < -0.4 is 4.90 Å². The number of rotatable bonds is 4. The topological polar surface area (TPSA) is 46.6 Å². The predicted octanol–water partition coefficient (Wildman–Crippen LogP) is 2.42. The Kier molecular flexibility index (Phi) is 4.20. The number of esters is 1. The van der Waals surface area contributed by atoms with Gasteiger partial charge in [0.1, 0.15) is 6.04 Å². The molecule has 0 radical (unpaired) electrons. The second kappa shape index (κ2) is 5.87. The van der Waals surface area contributed by atoms with Crippen molar-refractivity contribution in [2.45, 2.75) is 32.7 Å². The third-order valence-corrected chi connectivity index (χ3v) is 3.42. The predicted molar refractivity (Wildman–Crippen MR) is 73.4 cm³/mol. The average Bonchev–Trinajstić information content (AvgIpc) is 2.43. The summed E-state index contributed by atoms with van der Waals surface area (Å²) in [6, 6.07) is 7.15. The van der Waals surface area contributed by atoms with Gasteiger partial charge in [-0.3, -0.25) is 4.79 Å². The first kappa shape index (κ1) is 13.6. The number of carbonyl (C=O) groups is 2. The summed E-state index contributed by atoms with van der Waals surface area (Å²) in [5, 5.41) is 0. The summed E-state index contributed by atoms with van der Waals surface area (Å²) in [5.41, 5.74) is 1.55. The van der Waals surface area contributed by atoms with Crippen molar-refractivity contribution in [2.24, 2.45) is 0 Å². The standard InChI is InChI=1S/C15H19NO3/c1-3-12(15(18)19-4-2)16-10-9-14(17)11-7-5-6-8-13(11)16/h5-8,12H,3-4,9-10H2,1-2H3. The number of hydrogen-bond acceptors (Lipinski definition) is 4. The van der Waals surface area contributed by atoms with Crippen LogP contribution in [-0.4, -0.2) is 30.9 Å². The zero-order valence-electron chi connectivity index (χ0n) is 11.4. The molecule has 0 fully saturated rings. The fraction of sp³-hybridized carbons (Fsp3) is 0.467. The molecular weight excluding hydrogens is 242 g/mol. The average molecular weight is 261 g/mol. The van der Waals surface area contributed by atoms with Crippen molar-refractivity contribution in [2.75, 3.05) is 18.1 Å². The molecular formula is C15H19NO3. The molecule has 1 aromatic rings. The number of ketones is 1. The Bertz CT molecular complexity index is 484. The highest BCUT2D eigenvalue weighted by Gasteiger charge is 2.31. The van der Waals surface area contributed by atoms with E-state index in [-0.39, 0.29) is 17.8 Å². The minimum absolute atomic E-state index is 0.144. The largest absolute Gasteiger partial charge is 0.464 e. The van der Waals surface area contributed by atoms with Gasteiger partial charge in [-0.25, -0.2) is 4.79 Å². The number of hydrogen-bond donors (Lipinski definition) is 0. The smallest absolute Gasteiger partial charge is 0.328 e. The van der Waals surface area contributed by atoms with Crippen LogP contribution in [0.4, 0.5) is 5.69 Å². The maximum Gasteiger partial charge on any atom is 0.328 e. The van der Waals surface area contributed by atoms with Crippen molar-refractivity contribution >= 4 is 17.4 Å². The Hall–Kier alpha value is -1.84. The lowest BCUT2D eigenvalue weighted by atomic mass is 9.98. The van der Waals surface area contributed by atoms with Crippen molar-refractivity contribution in [3.63, 3.8) is 0 Å². The Morgan fingerprint density at radius 2 is 2.11 bits per heavy atom. The zero-order chi connectivity index (χ0) is 13.8. The van der Waals surface area contributed by atoms with E-state index in [9.17, 15) is 9.59 Å². The summed E-state index contributed by atoms with van der Waals surface area (Å²) in [7, 11) is 0. The second-order valence-electron chi connectivity index (χ2n) is 4.56. The Morgan fingerprint density at radius 1 is 1.37 bits per heavy atom. The number of para-hydroxylation sites is 1. The van der Waals surface area contributed by atoms with Crippen LogP contribution in [0.3, 0.4) is 0 Å². The van der Waals surface area contributed by atoms with Gasteiger partial charge < -0.3 is 9.64 Å². The Morgan fingerprint density at radius 3 is 2.79 bits per heavy atom. The number of benzene rings is 1. The highest BCUT2D eigenvalue weighted by Crippen LogP contribution is 2.29. The van der Waals surface area contributed by atoms with Gasteiger partial charge in [-0.05, 0) is 25.5 Å². The third-order valence-electron chi connectivity index (χ3n) is 3.42. The number of nitrogens with zero attached hydrogens (tertiary/aromatic N) is 1. The van der Waals surface area contributed by atoms with Crippen LogP contribution in [0.2, 0.25) is 0 Å². The molecule has 2 rings (SSSR count). The normalized spacial score (nSPS) is 15.9. The van der Waals surface area contributed by atoms with Gasteiger partial charge in [-0.15, -0.1) is 0 Å². The van der Waals surface area contributed by atoms with Crippen molar-refractivity contribution in [1.82, 2.24) is 0 Å². The van der Waals surface area contributed by atoms with E-state index in [4.69, 9.17) is 4.74 Å². The maximum atomic E-state index is 12.0. The van der Waals surface area contributed by atoms with E-state index in [1.165, 1.54) is 0 Å². The van der Waals surface area contributed by atoms with Gasteiger partial charge in [0.25, 0.3) is 0 Å². The summed E-state index contributed by atoms with van der Waals surface area (Å²) < 4.78 is 5.12. The fourth-order valence-corrected chi connectivity index (χ4v) is 2.51. The second-order valence-corrected chi connectivity index (χ2v) is 4.56. The lowest BCUT2D eigenvalue weighted by Crippen LogP contribution is -2.45. The zero-order valence-corrected chi connectivity index (χ0v) is 11.4. The molecule has 0 spiro atoms. The highest BCUT2D eigenvalue weighted by molar-refractivity contribution is 6.04. The molecule has 1 heterocycles. The van der Waals surface area contributed by atoms with Gasteiger partial charge >= 0.3 is 5.97 Å². The van der Waals surface area contributed by atoms with Crippen molar-refractivity contribution in [1.29, 1.82) is 0 Å². The molecule has 1 aromatic carbocycles. The summed E-state index contributed by atoms with van der Waals surface area (Å²) >= 11 is 0. The van der Waals surface area contributed by atoms with E-state index in [1.54, 1.807) is 6.92 Å². The van der Waals surface area contributed by atoms with Gasteiger partial charge in [0.15, 0.2) is 5.78 Å². The molecule has 0 aromatic heterocycles. The van der Waals surface area contributed by atoms with Gasteiger partial charge in [-0.1, -0.05) is 19.1 Å². The molecule has 0 saturated heterocycles. The molecule has 0 saturated carbocycles. The van der Waals surface area contributed by atoms with Gasteiger partial charge in [0.05, 0.1) is 6.61 Å². The molecule has 1 aliphatic rings. The minimum Gasteiger partial charge on any atom is -0.464 e. The van der Waals surface area contributed by atoms with E-state index in [1.807, 2.05) is 36.1 Å². The lowest BCUT2D eigenvalue weighted by Gasteiger charge is -2.35. The Balaban J connectivity index is 2.32. The number of carbonyl (C=O) groups excluding carboxylic acids is 2. The van der Waals surface area contributed by atoms with Crippen molar-refractivity contribution < 1.29 is 14.3 Å². The quantitative estimate of drug-likeness (QED) is 0.781. The summed E-state index contributed by atoms with van der Waals surface area (Å²) in [4.78, 5) is 25.9. The van der Waals surface area contributed by atoms with Gasteiger partial charge in [-0.2, -0.15) is 0 Å². The van der Waals surface area contributed by atoms with Crippen LogP contribution in [0.15, 0.2) is 24.3 Å². The van der Waals surface area contributed by atoms with Crippen LogP contribution in [0, 0.1) is 0 Å². The first-order valence-electron chi connectivity index (χ1n) is 6.74.